The van der Waals surface area contributed by atoms with Gasteiger partial charge in [0.1, 0.15) is 5.76 Å². The van der Waals surface area contributed by atoms with Gasteiger partial charge in [-0.05, 0) is 25.5 Å². The zero-order valence-corrected chi connectivity index (χ0v) is 11.3. The Morgan fingerprint density at radius 2 is 2.17 bits per heavy atom. The molecule has 0 aliphatic carbocycles. The molecular weight excluding hydrogens is 230 g/mol. The zero-order valence-electron chi connectivity index (χ0n) is 11.3. The fourth-order valence-electron chi connectivity index (χ4n) is 2.58. The van der Waals surface area contributed by atoms with Crippen molar-refractivity contribution < 1.29 is 14.3 Å². The summed E-state index contributed by atoms with van der Waals surface area (Å²) < 4.78 is 10.7. The van der Waals surface area contributed by atoms with E-state index in [1.165, 1.54) is 0 Å². The summed E-state index contributed by atoms with van der Waals surface area (Å²) in [6.07, 6.45) is 2.70. The van der Waals surface area contributed by atoms with Crippen LogP contribution in [-0.4, -0.2) is 48.0 Å². The topological polar surface area (TPSA) is 45.8 Å². The average Bonchev–Trinajstić information content (AvgIpc) is 2.91. The van der Waals surface area contributed by atoms with E-state index in [0.29, 0.717) is 6.42 Å². The number of rotatable bonds is 5. The fraction of sp³-hybridized carbons (Fsp3) is 0.714. The first-order valence-electron chi connectivity index (χ1n) is 6.70. The van der Waals surface area contributed by atoms with E-state index >= 15 is 0 Å². The van der Waals surface area contributed by atoms with Crippen LogP contribution < -0.4 is 0 Å². The lowest BCUT2D eigenvalue weighted by molar-refractivity contribution is -0.0725. The van der Waals surface area contributed by atoms with E-state index in [2.05, 4.69) is 18.7 Å². The Bertz CT molecular complexity index is 346. The molecule has 2 unspecified atom stereocenters. The van der Waals surface area contributed by atoms with E-state index in [-0.39, 0.29) is 5.54 Å². The van der Waals surface area contributed by atoms with E-state index in [1.807, 2.05) is 12.1 Å². The van der Waals surface area contributed by atoms with Crippen molar-refractivity contribution >= 4 is 0 Å². The van der Waals surface area contributed by atoms with Crippen LogP contribution in [-0.2, 0) is 11.2 Å². The molecule has 1 aromatic heterocycles. The number of hydrogen-bond donors (Lipinski definition) is 1. The normalized spacial score (nSPS) is 22.6. The molecule has 0 aromatic carbocycles. The number of hydrogen-bond acceptors (Lipinski definition) is 4. The van der Waals surface area contributed by atoms with Crippen LogP contribution in [0.4, 0.5) is 0 Å². The second-order valence-corrected chi connectivity index (χ2v) is 5.11. The monoisotopic (exact) mass is 253 g/mol. The maximum atomic E-state index is 10.5. The number of nitrogens with zero attached hydrogens (tertiary/aromatic N) is 1. The SMILES string of the molecule is CCC(C)(C(O)Cc1ccco1)N1CCOCC1. The standard InChI is InChI=1S/C14H23NO3/c1-3-14(2,15-6-9-17-10-7-15)13(16)11-12-5-4-8-18-12/h4-5,8,13,16H,3,6-7,9-11H2,1-2H3. The smallest absolute Gasteiger partial charge is 0.106 e. The zero-order chi connectivity index (χ0) is 13.0. The molecule has 1 aromatic rings. The molecule has 102 valence electrons. The number of ether oxygens (including phenoxy) is 1. The Morgan fingerprint density at radius 1 is 1.44 bits per heavy atom. The highest BCUT2D eigenvalue weighted by atomic mass is 16.5. The molecule has 1 aliphatic heterocycles. The van der Waals surface area contributed by atoms with Crippen molar-refractivity contribution in [3.05, 3.63) is 24.2 Å². The first-order valence-corrected chi connectivity index (χ1v) is 6.70. The molecule has 1 saturated heterocycles. The molecule has 0 saturated carbocycles. The first kappa shape index (κ1) is 13.6. The molecule has 2 heterocycles. The lowest BCUT2D eigenvalue weighted by atomic mass is 9.86. The van der Waals surface area contributed by atoms with E-state index in [1.54, 1.807) is 6.26 Å². The molecule has 1 fully saturated rings. The minimum Gasteiger partial charge on any atom is -0.469 e. The third-order valence-corrected chi connectivity index (χ3v) is 4.14. The van der Waals surface area contributed by atoms with Gasteiger partial charge in [0.25, 0.3) is 0 Å². The second kappa shape index (κ2) is 5.87. The third kappa shape index (κ3) is 2.76. The summed E-state index contributed by atoms with van der Waals surface area (Å²) in [6.45, 7) is 7.54. The molecule has 4 nitrogen and oxygen atoms in total. The van der Waals surface area contributed by atoms with E-state index in [9.17, 15) is 5.11 Å². The lowest BCUT2D eigenvalue weighted by Crippen LogP contribution is -2.58. The van der Waals surface area contributed by atoms with E-state index < -0.39 is 6.10 Å². The maximum absolute atomic E-state index is 10.5. The summed E-state index contributed by atoms with van der Waals surface area (Å²) in [6, 6.07) is 3.78. The molecule has 18 heavy (non-hydrogen) atoms. The van der Waals surface area contributed by atoms with Gasteiger partial charge in [-0.2, -0.15) is 0 Å². The largest absolute Gasteiger partial charge is 0.469 e. The molecule has 0 radical (unpaired) electrons. The highest BCUT2D eigenvalue weighted by molar-refractivity contribution is 5.04. The van der Waals surface area contributed by atoms with Crippen molar-refractivity contribution in [2.24, 2.45) is 0 Å². The Labute approximate surface area is 109 Å². The number of morpholine rings is 1. The Balaban J connectivity index is 2.04. The Kier molecular flexibility index (Phi) is 4.43. The molecule has 1 N–H and O–H groups in total. The van der Waals surface area contributed by atoms with Crippen molar-refractivity contribution in [3.63, 3.8) is 0 Å². The first-order chi connectivity index (χ1) is 8.66. The van der Waals surface area contributed by atoms with Crippen LogP contribution in [0.25, 0.3) is 0 Å². The van der Waals surface area contributed by atoms with Gasteiger partial charge in [-0.3, -0.25) is 4.90 Å². The van der Waals surface area contributed by atoms with Crippen LogP contribution in [0.15, 0.2) is 22.8 Å². The molecule has 0 bridgehead atoms. The molecular formula is C14H23NO3. The van der Waals surface area contributed by atoms with E-state index in [0.717, 1.165) is 38.5 Å². The molecule has 0 amide bonds. The average molecular weight is 253 g/mol. The van der Waals surface area contributed by atoms with Crippen molar-refractivity contribution in [1.82, 2.24) is 4.90 Å². The second-order valence-electron chi connectivity index (χ2n) is 5.11. The maximum Gasteiger partial charge on any atom is 0.106 e. The molecule has 2 atom stereocenters. The predicted molar refractivity (Wildman–Crippen MR) is 69.5 cm³/mol. The van der Waals surface area contributed by atoms with Gasteiger partial charge in [0.05, 0.1) is 25.6 Å². The summed E-state index contributed by atoms with van der Waals surface area (Å²) in [4.78, 5) is 2.34. The van der Waals surface area contributed by atoms with Gasteiger partial charge in [0.15, 0.2) is 0 Å². The van der Waals surface area contributed by atoms with Crippen molar-refractivity contribution in [3.8, 4) is 0 Å². The summed E-state index contributed by atoms with van der Waals surface area (Å²) in [5.41, 5.74) is -0.212. The molecule has 4 heteroatoms. The quantitative estimate of drug-likeness (QED) is 0.867. The predicted octanol–water partition coefficient (Wildman–Crippen LogP) is 1.68. The summed E-state index contributed by atoms with van der Waals surface area (Å²) >= 11 is 0. The highest BCUT2D eigenvalue weighted by Gasteiger charge is 2.38. The van der Waals surface area contributed by atoms with Crippen molar-refractivity contribution in [2.45, 2.75) is 38.3 Å². The van der Waals surface area contributed by atoms with Gasteiger partial charge in [0, 0.05) is 25.0 Å². The van der Waals surface area contributed by atoms with Gasteiger partial charge in [0.2, 0.25) is 0 Å². The third-order valence-electron chi connectivity index (χ3n) is 4.14. The van der Waals surface area contributed by atoms with Crippen LogP contribution in [0, 0.1) is 0 Å². The highest BCUT2D eigenvalue weighted by Crippen LogP contribution is 2.27. The van der Waals surface area contributed by atoms with Gasteiger partial charge >= 0.3 is 0 Å². The van der Waals surface area contributed by atoms with Crippen molar-refractivity contribution in [1.29, 1.82) is 0 Å². The molecule has 2 rings (SSSR count). The van der Waals surface area contributed by atoms with Gasteiger partial charge < -0.3 is 14.3 Å². The molecule has 1 aliphatic rings. The fourth-order valence-corrected chi connectivity index (χ4v) is 2.58. The van der Waals surface area contributed by atoms with E-state index in [4.69, 9.17) is 9.15 Å². The van der Waals surface area contributed by atoms with Crippen LogP contribution >= 0.6 is 0 Å². The van der Waals surface area contributed by atoms with Gasteiger partial charge in [-0.15, -0.1) is 0 Å². The lowest BCUT2D eigenvalue weighted by Gasteiger charge is -2.45. The van der Waals surface area contributed by atoms with Gasteiger partial charge in [-0.1, -0.05) is 6.92 Å². The van der Waals surface area contributed by atoms with Crippen LogP contribution in [0.1, 0.15) is 26.0 Å². The van der Waals surface area contributed by atoms with Crippen LogP contribution in [0.2, 0.25) is 0 Å². The Hall–Kier alpha value is -0.840. The van der Waals surface area contributed by atoms with Gasteiger partial charge in [-0.25, -0.2) is 0 Å². The summed E-state index contributed by atoms with van der Waals surface area (Å²) in [7, 11) is 0. The molecule has 0 spiro atoms. The van der Waals surface area contributed by atoms with Crippen LogP contribution in [0.5, 0.6) is 0 Å². The number of aliphatic hydroxyl groups is 1. The summed E-state index contributed by atoms with van der Waals surface area (Å²) in [5.74, 6) is 0.843. The Morgan fingerprint density at radius 3 is 2.72 bits per heavy atom. The van der Waals surface area contributed by atoms with Crippen molar-refractivity contribution in [2.75, 3.05) is 26.3 Å². The van der Waals surface area contributed by atoms with Crippen LogP contribution in [0.3, 0.4) is 0 Å². The number of aliphatic hydroxyl groups excluding tert-OH is 1. The minimum absolute atomic E-state index is 0.212. The minimum atomic E-state index is -0.424. The summed E-state index contributed by atoms with van der Waals surface area (Å²) in [5, 5.41) is 10.5. The number of furan rings is 1.